The summed E-state index contributed by atoms with van der Waals surface area (Å²) in [4.78, 5) is 13.7. The molecule has 178 valence electrons. The van der Waals surface area contributed by atoms with Gasteiger partial charge in [-0.3, -0.25) is 4.79 Å². The van der Waals surface area contributed by atoms with Gasteiger partial charge in [0.25, 0.3) is 5.91 Å². The number of hydrogen-bond donors (Lipinski definition) is 1. The van der Waals surface area contributed by atoms with Crippen LogP contribution in [0.15, 0.2) is 121 Å². The predicted molar refractivity (Wildman–Crippen MR) is 143 cm³/mol. The average Bonchev–Trinajstić information content (AvgIpc) is 3.27. The van der Waals surface area contributed by atoms with Crippen molar-refractivity contribution in [2.75, 3.05) is 0 Å². The van der Waals surface area contributed by atoms with Crippen LogP contribution in [0.1, 0.15) is 33.2 Å². The van der Waals surface area contributed by atoms with Crippen LogP contribution in [0.5, 0.6) is 0 Å². The molecule has 0 bridgehead atoms. The van der Waals surface area contributed by atoms with Gasteiger partial charge in [0, 0.05) is 11.4 Å². The molecule has 3 nitrogen and oxygen atoms in total. The minimum atomic E-state index is -0.297. The van der Waals surface area contributed by atoms with Gasteiger partial charge in [0.15, 0.2) is 0 Å². The molecule has 0 saturated carbocycles. The van der Waals surface area contributed by atoms with E-state index >= 15 is 0 Å². The van der Waals surface area contributed by atoms with Crippen molar-refractivity contribution in [3.8, 4) is 16.9 Å². The van der Waals surface area contributed by atoms with Gasteiger partial charge in [-0.25, -0.2) is 4.39 Å². The van der Waals surface area contributed by atoms with E-state index in [-0.39, 0.29) is 17.8 Å². The Morgan fingerprint density at radius 1 is 0.806 bits per heavy atom. The molecule has 4 heteroatoms. The van der Waals surface area contributed by atoms with Gasteiger partial charge in [-0.1, -0.05) is 91.0 Å². The van der Waals surface area contributed by atoms with Crippen LogP contribution in [0.25, 0.3) is 16.9 Å². The molecule has 1 amide bonds. The molecule has 5 aromatic rings. The van der Waals surface area contributed by atoms with E-state index in [9.17, 15) is 9.18 Å². The van der Waals surface area contributed by atoms with Gasteiger partial charge in [-0.05, 0) is 60.4 Å². The van der Waals surface area contributed by atoms with Crippen LogP contribution in [0, 0.1) is 12.7 Å². The second-order valence-corrected chi connectivity index (χ2v) is 8.83. The summed E-state index contributed by atoms with van der Waals surface area (Å²) >= 11 is 0. The van der Waals surface area contributed by atoms with Gasteiger partial charge in [0.05, 0.1) is 17.3 Å². The number of carbonyl (C=O) groups is 1. The maximum Gasteiger partial charge on any atom is 0.253 e. The van der Waals surface area contributed by atoms with E-state index in [1.54, 1.807) is 12.1 Å². The fourth-order valence-electron chi connectivity index (χ4n) is 4.60. The molecule has 1 aromatic heterocycles. The fraction of sp³-hybridized carbons (Fsp3) is 0.0938. The van der Waals surface area contributed by atoms with Crippen LogP contribution in [0.4, 0.5) is 4.39 Å². The molecule has 0 spiro atoms. The number of aromatic nitrogens is 1. The number of nitrogens with one attached hydrogen (secondary N) is 1. The number of nitrogens with zero attached hydrogens (tertiary/aromatic N) is 1. The molecular formula is C32H27FN2O. The summed E-state index contributed by atoms with van der Waals surface area (Å²) in [6, 6.07) is 38.2. The van der Waals surface area contributed by atoms with Crippen molar-refractivity contribution in [1.29, 1.82) is 0 Å². The number of benzene rings is 4. The third-order valence-corrected chi connectivity index (χ3v) is 6.44. The quantitative estimate of drug-likeness (QED) is 0.264. The SMILES string of the molecule is Cc1c(C(=O)N[C@@H](Cc2ccccc2)c2ccccc2)cc(-c2ccccc2)n1-c1ccc(F)cc1. The van der Waals surface area contributed by atoms with Gasteiger partial charge in [0.1, 0.15) is 5.82 Å². The molecule has 0 aliphatic carbocycles. The molecule has 1 N–H and O–H groups in total. The first-order valence-corrected chi connectivity index (χ1v) is 12.0. The van der Waals surface area contributed by atoms with Crippen LogP contribution in [-0.2, 0) is 6.42 Å². The minimum absolute atomic E-state index is 0.143. The minimum Gasteiger partial charge on any atom is -0.345 e. The van der Waals surface area contributed by atoms with Crippen molar-refractivity contribution in [3.05, 3.63) is 150 Å². The largest absolute Gasteiger partial charge is 0.345 e. The normalized spacial score (nSPS) is 11.7. The molecule has 36 heavy (non-hydrogen) atoms. The summed E-state index contributed by atoms with van der Waals surface area (Å²) in [6.45, 7) is 1.93. The molecule has 0 saturated heterocycles. The summed E-state index contributed by atoms with van der Waals surface area (Å²) in [6.07, 6.45) is 0.680. The third-order valence-electron chi connectivity index (χ3n) is 6.44. The molecule has 1 heterocycles. The molecule has 5 rings (SSSR count). The lowest BCUT2D eigenvalue weighted by Crippen LogP contribution is -2.30. The lowest BCUT2D eigenvalue weighted by molar-refractivity contribution is 0.0936. The summed E-state index contributed by atoms with van der Waals surface area (Å²) in [5.41, 5.74) is 6.25. The molecule has 0 unspecified atom stereocenters. The van der Waals surface area contributed by atoms with Crippen LogP contribution in [-0.4, -0.2) is 10.5 Å². The first-order valence-electron chi connectivity index (χ1n) is 12.0. The van der Waals surface area contributed by atoms with Crippen LogP contribution in [0.3, 0.4) is 0 Å². The molecule has 1 atom stereocenters. The summed E-state index contributed by atoms with van der Waals surface area (Å²) in [5, 5.41) is 3.28. The molecule has 0 fully saturated rings. The van der Waals surface area contributed by atoms with Crippen molar-refractivity contribution < 1.29 is 9.18 Å². The molecule has 0 radical (unpaired) electrons. The highest BCUT2D eigenvalue weighted by Gasteiger charge is 2.23. The topological polar surface area (TPSA) is 34.0 Å². The number of carbonyl (C=O) groups excluding carboxylic acids is 1. The second-order valence-electron chi connectivity index (χ2n) is 8.83. The highest BCUT2D eigenvalue weighted by atomic mass is 19.1. The van der Waals surface area contributed by atoms with E-state index in [4.69, 9.17) is 0 Å². The van der Waals surface area contributed by atoms with Crippen LogP contribution >= 0.6 is 0 Å². The van der Waals surface area contributed by atoms with E-state index < -0.39 is 0 Å². The van der Waals surface area contributed by atoms with Crippen LogP contribution < -0.4 is 5.32 Å². The van der Waals surface area contributed by atoms with Crippen molar-refractivity contribution in [1.82, 2.24) is 9.88 Å². The standard InChI is InChI=1S/C32H27FN2O/c1-23-29(22-31(26-15-9-4-10-16-26)35(23)28-19-17-27(33)18-20-28)32(36)34-30(25-13-7-3-8-14-25)21-24-11-5-2-6-12-24/h2-20,22,30H,21H2,1H3,(H,34,36)/t30-/m0/s1. The maximum absolute atomic E-state index is 13.7. The summed E-state index contributed by atoms with van der Waals surface area (Å²) < 4.78 is 15.7. The molecule has 4 aromatic carbocycles. The monoisotopic (exact) mass is 474 g/mol. The van der Waals surface area contributed by atoms with Crippen molar-refractivity contribution in [2.45, 2.75) is 19.4 Å². The Kier molecular flexibility index (Phi) is 6.76. The average molecular weight is 475 g/mol. The number of halogens is 1. The highest BCUT2D eigenvalue weighted by Crippen LogP contribution is 2.30. The van der Waals surface area contributed by atoms with Crippen molar-refractivity contribution in [2.24, 2.45) is 0 Å². The van der Waals surface area contributed by atoms with E-state index in [1.807, 2.05) is 96.4 Å². The highest BCUT2D eigenvalue weighted by molar-refractivity contribution is 5.97. The third kappa shape index (κ3) is 4.98. The Bertz CT molecular complexity index is 1440. The maximum atomic E-state index is 13.7. The Hall–Kier alpha value is -4.44. The number of amides is 1. The van der Waals surface area contributed by atoms with E-state index in [1.165, 1.54) is 12.1 Å². The Morgan fingerprint density at radius 2 is 1.39 bits per heavy atom. The first-order chi connectivity index (χ1) is 17.6. The number of rotatable bonds is 7. The lowest BCUT2D eigenvalue weighted by Gasteiger charge is -2.20. The molecule has 0 aliphatic heterocycles. The fourth-order valence-corrected chi connectivity index (χ4v) is 4.60. The first kappa shape index (κ1) is 23.3. The van der Waals surface area contributed by atoms with Gasteiger partial charge in [-0.15, -0.1) is 0 Å². The molecule has 0 aliphatic rings. The number of hydrogen-bond acceptors (Lipinski definition) is 1. The van der Waals surface area contributed by atoms with Gasteiger partial charge in [-0.2, -0.15) is 0 Å². The smallest absolute Gasteiger partial charge is 0.253 e. The predicted octanol–water partition coefficient (Wildman–Crippen LogP) is 7.31. The van der Waals surface area contributed by atoms with Crippen molar-refractivity contribution >= 4 is 5.91 Å². The van der Waals surface area contributed by atoms with Crippen LogP contribution in [0.2, 0.25) is 0 Å². The zero-order chi connectivity index (χ0) is 24.9. The Balaban J connectivity index is 1.54. The zero-order valence-electron chi connectivity index (χ0n) is 20.1. The van der Waals surface area contributed by atoms with Gasteiger partial charge in [0.2, 0.25) is 0 Å². The van der Waals surface area contributed by atoms with E-state index in [0.29, 0.717) is 12.0 Å². The van der Waals surface area contributed by atoms with Gasteiger partial charge >= 0.3 is 0 Å². The van der Waals surface area contributed by atoms with Crippen molar-refractivity contribution in [3.63, 3.8) is 0 Å². The lowest BCUT2D eigenvalue weighted by atomic mass is 9.98. The second kappa shape index (κ2) is 10.4. The zero-order valence-corrected chi connectivity index (χ0v) is 20.1. The van der Waals surface area contributed by atoms with Gasteiger partial charge < -0.3 is 9.88 Å². The Labute approximate surface area is 210 Å². The van der Waals surface area contributed by atoms with E-state index in [2.05, 4.69) is 17.4 Å². The summed E-state index contributed by atoms with van der Waals surface area (Å²) in [5.74, 6) is -0.440. The van der Waals surface area contributed by atoms with E-state index in [0.717, 1.165) is 33.8 Å². The summed E-state index contributed by atoms with van der Waals surface area (Å²) in [7, 11) is 0. The Morgan fingerprint density at radius 3 is 2.03 bits per heavy atom. The molecular weight excluding hydrogens is 447 g/mol.